The lowest BCUT2D eigenvalue weighted by atomic mass is 9.62. The molecule has 41 heavy (non-hydrogen) atoms. The SMILES string of the molecule is CCOc1ccc(NC(=O)[C@H]2[C@H]3C(=O)N(CCCCO)C(C(=O)Nc4ccc(OC)cc4)C34CC(C)[C@]2(C)O4)cc1. The summed E-state index contributed by atoms with van der Waals surface area (Å²) in [7, 11) is 1.57. The summed E-state index contributed by atoms with van der Waals surface area (Å²) in [6, 6.07) is 13.1. The van der Waals surface area contributed by atoms with Crippen molar-refractivity contribution in [2.45, 2.75) is 57.3 Å². The molecule has 220 valence electrons. The summed E-state index contributed by atoms with van der Waals surface area (Å²) in [6.45, 7) is 6.60. The second kappa shape index (κ2) is 11.3. The van der Waals surface area contributed by atoms with E-state index in [1.165, 1.54) is 0 Å². The number of aliphatic hydroxyl groups is 1. The van der Waals surface area contributed by atoms with Crippen LogP contribution in [0.25, 0.3) is 0 Å². The van der Waals surface area contributed by atoms with Gasteiger partial charge < -0.3 is 34.9 Å². The molecule has 1 spiro atoms. The van der Waals surface area contributed by atoms with Gasteiger partial charge in [-0.1, -0.05) is 6.92 Å². The van der Waals surface area contributed by atoms with E-state index in [-0.39, 0.29) is 36.8 Å². The first-order chi connectivity index (χ1) is 19.7. The van der Waals surface area contributed by atoms with E-state index in [9.17, 15) is 19.5 Å². The summed E-state index contributed by atoms with van der Waals surface area (Å²) < 4.78 is 17.5. The molecule has 6 atom stereocenters. The molecule has 3 N–H and O–H groups in total. The van der Waals surface area contributed by atoms with E-state index in [1.54, 1.807) is 60.5 Å². The van der Waals surface area contributed by atoms with Gasteiger partial charge in [0, 0.05) is 24.5 Å². The largest absolute Gasteiger partial charge is 0.497 e. The number of hydrogen-bond acceptors (Lipinski definition) is 7. The molecule has 10 heteroatoms. The van der Waals surface area contributed by atoms with Crippen molar-refractivity contribution in [2.24, 2.45) is 17.8 Å². The number of anilines is 2. The molecule has 3 fully saturated rings. The summed E-state index contributed by atoms with van der Waals surface area (Å²) in [5.41, 5.74) is -0.923. The van der Waals surface area contributed by atoms with Crippen LogP contribution < -0.4 is 20.1 Å². The second-order valence-electron chi connectivity index (χ2n) is 11.3. The average molecular weight is 566 g/mol. The zero-order valence-corrected chi connectivity index (χ0v) is 24.0. The molecule has 3 aliphatic rings. The molecule has 0 aliphatic carbocycles. The standard InChI is InChI=1S/C31H39N3O7/c1-5-40-23-14-10-20(11-15-23)32-27(36)24-25-29(38)34(16-6-7-17-35)26(31(25)18-19(2)30(24,3)41-31)28(37)33-21-8-12-22(39-4)13-9-21/h8-15,19,24-26,35H,5-7,16-18H2,1-4H3,(H,32,36)(H,33,37)/t19?,24-,25+,26?,30+,31?/m1/s1. The quantitative estimate of drug-likeness (QED) is 0.356. The third kappa shape index (κ3) is 4.93. The van der Waals surface area contributed by atoms with Crippen LogP contribution in [0.2, 0.25) is 0 Å². The minimum atomic E-state index is -1.15. The van der Waals surface area contributed by atoms with E-state index >= 15 is 0 Å². The number of methoxy groups -OCH3 is 1. The number of ether oxygens (including phenoxy) is 3. The molecule has 3 saturated heterocycles. The number of carbonyl (C=O) groups is 3. The first-order valence-electron chi connectivity index (χ1n) is 14.3. The van der Waals surface area contributed by atoms with Crippen LogP contribution in [-0.4, -0.2) is 71.8 Å². The monoisotopic (exact) mass is 565 g/mol. The number of rotatable bonds is 11. The van der Waals surface area contributed by atoms with Gasteiger partial charge in [-0.05, 0) is 87.6 Å². The van der Waals surface area contributed by atoms with Crippen LogP contribution >= 0.6 is 0 Å². The third-order valence-corrected chi connectivity index (χ3v) is 8.94. The lowest BCUT2D eigenvalue weighted by Gasteiger charge is -2.36. The summed E-state index contributed by atoms with van der Waals surface area (Å²) in [6.07, 6.45) is 1.49. The van der Waals surface area contributed by atoms with Crippen molar-refractivity contribution >= 4 is 29.1 Å². The van der Waals surface area contributed by atoms with Gasteiger partial charge in [-0.25, -0.2) is 0 Å². The Hall–Kier alpha value is -3.63. The predicted molar refractivity (Wildman–Crippen MR) is 153 cm³/mol. The Labute approximate surface area is 240 Å². The van der Waals surface area contributed by atoms with Crippen LogP contribution in [0.1, 0.15) is 40.0 Å². The number of aliphatic hydroxyl groups excluding tert-OH is 1. The number of unbranched alkanes of at least 4 members (excludes halogenated alkanes) is 1. The fourth-order valence-corrected chi connectivity index (χ4v) is 6.98. The molecular formula is C31H39N3O7. The van der Waals surface area contributed by atoms with Crippen LogP contribution in [0, 0.1) is 17.8 Å². The van der Waals surface area contributed by atoms with Gasteiger partial charge in [0.05, 0.1) is 31.2 Å². The Morgan fingerprint density at radius 2 is 1.63 bits per heavy atom. The fourth-order valence-electron chi connectivity index (χ4n) is 6.98. The van der Waals surface area contributed by atoms with E-state index in [2.05, 4.69) is 10.6 Å². The van der Waals surface area contributed by atoms with E-state index in [1.807, 2.05) is 20.8 Å². The minimum Gasteiger partial charge on any atom is -0.497 e. The molecule has 0 aromatic heterocycles. The number of carbonyl (C=O) groups excluding carboxylic acids is 3. The normalized spacial score (nSPS) is 29.8. The molecule has 2 aromatic rings. The second-order valence-corrected chi connectivity index (χ2v) is 11.3. The van der Waals surface area contributed by atoms with Gasteiger partial charge in [-0.2, -0.15) is 0 Å². The highest BCUT2D eigenvalue weighted by atomic mass is 16.5. The number of benzene rings is 2. The lowest BCUT2D eigenvalue weighted by molar-refractivity contribution is -0.144. The van der Waals surface area contributed by atoms with Gasteiger partial charge in [0.25, 0.3) is 0 Å². The number of amides is 3. The van der Waals surface area contributed by atoms with Crippen LogP contribution in [-0.2, 0) is 19.1 Å². The van der Waals surface area contributed by atoms with Crippen LogP contribution in [0.15, 0.2) is 48.5 Å². The number of likely N-dealkylation sites (tertiary alicyclic amines) is 1. The van der Waals surface area contributed by atoms with Crippen LogP contribution in [0.5, 0.6) is 11.5 Å². The first-order valence-corrected chi connectivity index (χ1v) is 14.3. The molecular weight excluding hydrogens is 526 g/mol. The highest BCUT2D eigenvalue weighted by molar-refractivity contribution is 6.05. The van der Waals surface area contributed by atoms with Gasteiger partial charge in [-0.15, -0.1) is 0 Å². The van der Waals surface area contributed by atoms with Crippen LogP contribution in [0.4, 0.5) is 11.4 Å². The smallest absolute Gasteiger partial charge is 0.250 e. The number of nitrogens with zero attached hydrogens (tertiary/aromatic N) is 1. The van der Waals surface area contributed by atoms with E-state index in [0.717, 1.165) is 0 Å². The van der Waals surface area contributed by atoms with Gasteiger partial charge in [-0.3, -0.25) is 14.4 Å². The number of hydrogen-bond donors (Lipinski definition) is 3. The van der Waals surface area contributed by atoms with Crippen LogP contribution in [0.3, 0.4) is 0 Å². The molecule has 5 rings (SSSR count). The molecule has 3 unspecified atom stereocenters. The van der Waals surface area contributed by atoms with Gasteiger partial charge in [0.1, 0.15) is 23.1 Å². The summed E-state index contributed by atoms with van der Waals surface area (Å²) in [5.74, 6) is -1.25. The highest BCUT2D eigenvalue weighted by Gasteiger charge is 2.79. The van der Waals surface area contributed by atoms with Crippen molar-refractivity contribution in [3.63, 3.8) is 0 Å². The fraction of sp³-hybridized carbons (Fsp3) is 0.516. The number of nitrogens with one attached hydrogen (secondary N) is 2. The van der Waals surface area contributed by atoms with Crippen molar-refractivity contribution < 1.29 is 33.7 Å². The van der Waals surface area contributed by atoms with Gasteiger partial charge in [0.15, 0.2) is 0 Å². The van der Waals surface area contributed by atoms with Crippen molar-refractivity contribution in [2.75, 3.05) is 37.5 Å². The summed E-state index contributed by atoms with van der Waals surface area (Å²) >= 11 is 0. The van der Waals surface area contributed by atoms with Crippen molar-refractivity contribution in [1.29, 1.82) is 0 Å². The Morgan fingerprint density at radius 1 is 1.02 bits per heavy atom. The molecule has 0 saturated carbocycles. The number of fused-ring (bicyclic) bond motifs is 1. The third-order valence-electron chi connectivity index (χ3n) is 8.94. The Bertz CT molecular complexity index is 1280. The highest BCUT2D eigenvalue weighted by Crippen LogP contribution is 2.65. The Morgan fingerprint density at radius 3 is 2.22 bits per heavy atom. The lowest BCUT2D eigenvalue weighted by Crippen LogP contribution is -2.54. The molecule has 10 nitrogen and oxygen atoms in total. The summed E-state index contributed by atoms with van der Waals surface area (Å²) in [5, 5.41) is 15.3. The van der Waals surface area contributed by atoms with Crippen molar-refractivity contribution in [1.82, 2.24) is 4.90 Å². The van der Waals surface area contributed by atoms with Gasteiger partial charge >= 0.3 is 0 Å². The summed E-state index contributed by atoms with van der Waals surface area (Å²) in [4.78, 5) is 43.6. The topological polar surface area (TPSA) is 126 Å². The van der Waals surface area contributed by atoms with Gasteiger partial charge in [0.2, 0.25) is 17.7 Å². The molecule has 3 heterocycles. The average Bonchev–Trinajstić information content (AvgIpc) is 3.47. The minimum absolute atomic E-state index is 0.0158. The maximum absolute atomic E-state index is 14.1. The van der Waals surface area contributed by atoms with Crippen molar-refractivity contribution in [3.05, 3.63) is 48.5 Å². The molecule has 2 bridgehead atoms. The zero-order valence-electron chi connectivity index (χ0n) is 24.0. The maximum atomic E-state index is 14.1. The maximum Gasteiger partial charge on any atom is 0.250 e. The van der Waals surface area contributed by atoms with E-state index in [4.69, 9.17) is 14.2 Å². The Balaban J connectivity index is 1.46. The predicted octanol–water partition coefficient (Wildman–Crippen LogP) is 3.45. The zero-order chi connectivity index (χ0) is 29.4. The molecule has 3 amide bonds. The van der Waals surface area contributed by atoms with E-state index in [0.29, 0.717) is 48.7 Å². The van der Waals surface area contributed by atoms with E-state index < -0.39 is 29.1 Å². The Kier molecular flexibility index (Phi) is 7.98. The van der Waals surface area contributed by atoms with Crippen molar-refractivity contribution in [3.8, 4) is 11.5 Å². The molecule has 2 aromatic carbocycles. The molecule has 0 radical (unpaired) electrons. The first kappa shape index (κ1) is 28.9. The molecule has 3 aliphatic heterocycles.